The van der Waals surface area contributed by atoms with E-state index in [1.807, 2.05) is 20.2 Å². The van der Waals surface area contributed by atoms with E-state index in [-0.39, 0.29) is 5.69 Å². The molecule has 1 heterocycles. The van der Waals surface area contributed by atoms with Gasteiger partial charge >= 0.3 is 5.97 Å². The quantitative estimate of drug-likeness (QED) is 0.765. The van der Waals surface area contributed by atoms with Gasteiger partial charge in [0, 0.05) is 24.2 Å². The number of rotatable bonds is 6. The molecule has 16 heavy (non-hydrogen) atoms. The largest absolute Gasteiger partial charge is 0.477 e. The van der Waals surface area contributed by atoms with Gasteiger partial charge in [-0.25, -0.2) is 9.78 Å². The number of thioether (sulfide) groups is 1. The molecule has 1 aromatic rings. The van der Waals surface area contributed by atoms with E-state index in [0.29, 0.717) is 0 Å². The molecular formula is C11H16N2O2S. The van der Waals surface area contributed by atoms with Gasteiger partial charge in [0.2, 0.25) is 0 Å². The van der Waals surface area contributed by atoms with Crippen LogP contribution in [0.2, 0.25) is 0 Å². The summed E-state index contributed by atoms with van der Waals surface area (Å²) in [6, 6.07) is 3.49. The standard InChI is InChI=1S/C11H16N2O2S/c1-13(2)5-6-16-8-9-3-4-12-10(7-9)11(14)15/h3-4,7H,5-6,8H2,1-2H3,(H,14,15). The zero-order chi connectivity index (χ0) is 12.0. The van der Waals surface area contributed by atoms with Gasteiger partial charge in [-0.3, -0.25) is 0 Å². The van der Waals surface area contributed by atoms with Crippen LogP contribution in [0.15, 0.2) is 18.3 Å². The zero-order valence-electron chi connectivity index (χ0n) is 9.51. The summed E-state index contributed by atoms with van der Waals surface area (Å²) in [5.74, 6) is 0.897. The summed E-state index contributed by atoms with van der Waals surface area (Å²) < 4.78 is 0. The highest BCUT2D eigenvalue weighted by Gasteiger charge is 2.04. The number of hydrogen-bond acceptors (Lipinski definition) is 4. The van der Waals surface area contributed by atoms with Gasteiger partial charge in [0.15, 0.2) is 0 Å². The van der Waals surface area contributed by atoms with Crippen LogP contribution in [0.3, 0.4) is 0 Å². The van der Waals surface area contributed by atoms with Crippen LogP contribution in [0.5, 0.6) is 0 Å². The minimum Gasteiger partial charge on any atom is -0.477 e. The average molecular weight is 240 g/mol. The minimum absolute atomic E-state index is 0.116. The fraction of sp³-hybridized carbons (Fsp3) is 0.455. The third kappa shape index (κ3) is 4.63. The summed E-state index contributed by atoms with van der Waals surface area (Å²) in [7, 11) is 4.07. The second-order valence-corrected chi connectivity index (χ2v) is 4.82. The van der Waals surface area contributed by atoms with E-state index >= 15 is 0 Å². The van der Waals surface area contributed by atoms with Gasteiger partial charge in [-0.05, 0) is 31.8 Å². The second-order valence-electron chi connectivity index (χ2n) is 3.71. The molecule has 0 radical (unpaired) electrons. The topological polar surface area (TPSA) is 53.4 Å². The first-order valence-corrected chi connectivity index (χ1v) is 6.16. The van der Waals surface area contributed by atoms with Crippen molar-refractivity contribution in [2.45, 2.75) is 5.75 Å². The fourth-order valence-corrected chi connectivity index (χ4v) is 2.17. The molecule has 0 saturated carbocycles. The number of carbonyl (C=O) groups is 1. The predicted molar refractivity (Wildman–Crippen MR) is 65.9 cm³/mol. The molecule has 88 valence electrons. The number of aromatic nitrogens is 1. The van der Waals surface area contributed by atoms with Gasteiger partial charge < -0.3 is 10.0 Å². The molecule has 0 unspecified atom stereocenters. The van der Waals surface area contributed by atoms with Gasteiger partial charge in [-0.15, -0.1) is 0 Å². The van der Waals surface area contributed by atoms with Crippen molar-refractivity contribution in [2.75, 3.05) is 26.4 Å². The highest BCUT2D eigenvalue weighted by molar-refractivity contribution is 7.98. The normalized spacial score (nSPS) is 10.7. The third-order valence-corrected chi connectivity index (χ3v) is 3.00. The second kappa shape index (κ2) is 6.50. The molecule has 0 amide bonds. The van der Waals surface area contributed by atoms with Crippen molar-refractivity contribution in [1.29, 1.82) is 0 Å². The number of carboxylic acids is 1. The van der Waals surface area contributed by atoms with Gasteiger partial charge in [-0.2, -0.15) is 11.8 Å². The molecule has 0 fully saturated rings. The van der Waals surface area contributed by atoms with Crippen molar-refractivity contribution >= 4 is 17.7 Å². The lowest BCUT2D eigenvalue weighted by molar-refractivity contribution is 0.0690. The van der Waals surface area contributed by atoms with Crippen LogP contribution in [0.4, 0.5) is 0 Å². The monoisotopic (exact) mass is 240 g/mol. The molecule has 0 bridgehead atoms. The minimum atomic E-state index is -0.972. The van der Waals surface area contributed by atoms with Crippen LogP contribution < -0.4 is 0 Å². The van der Waals surface area contributed by atoms with Crippen LogP contribution in [-0.4, -0.2) is 47.4 Å². The molecule has 1 rings (SSSR count). The first-order chi connectivity index (χ1) is 7.59. The smallest absolute Gasteiger partial charge is 0.354 e. The number of hydrogen-bond donors (Lipinski definition) is 1. The number of nitrogens with zero attached hydrogens (tertiary/aromatic N) is 2. The Bertz CT molecular complexity index is 356. The van der Waals surface area contributed by atoms with E-state index in [4.69, 9.17) is 5.11 Å². The van der Waals surface area contributed by atoms with Crippen LogP contribution in [0.1, 0.15) is 16.1 Å². The molecule has 0 atom stereocenters. The Kier molecular flexibility index (Phi) is 5.28. The van der Waals surface area contributed by atoms with Crippen molar-refractivity contribution in [3.8, 4) is 0 Å². The van der Waals surface area contributed by atoms with E-state index < -0.39 is 5.97 Å². The summed E-state index contributed by atoms with van der Waals surface area (Å²) in [6.45, 7) is 1.03. The Hall–Kier alpha value is -1.07. The van der Waals surface area contributed by atoms with E-state index in [0.717, 1.165) is 23.6 Å². The number of aromatic carboxylic acids is 1. The van der Waals surface area contributed by atoms with Crippen molar-refractivity contribution in [2.24, 2.45) is 0 Å². The molecule has 0 saturated heterocycles. The molecule has 1 aromatic heterocycles. The van der Waals surface area contributed by atoms with Crippen LogP contribution in [0.25, 0.3) is 0 Å². The summed E-state index contributed by atoms with van der Waals surface area (Å²) in [5.41, 5.74) is 1.13. The van der Waals surface area contributed by atoms with E-state index in [1.165, 1.54) is 0 Å². The lowest BCUT2D eigenvalue weighted by Gasteiger charge is -2.08. The zero-order valence-corrected chi connectivity index (χ0v) is 10.3. The number of carboxylic acid groups (broad SMARTS) is 1. The maximum Gasteiger partial charge on any atom is 0.354 e. The van der Waals surface area contributed by atoms with Gasteiger partial charge in [0.25, 0.3) is 0 Å². The summed E-state index contributed by atoms with van der Waals surface area (Å²) in [5, 5.41) is 8.78. The Balaban J connectivity index is 2.42. The van der Waals surface area contributed by atoms with Crippen molar-refractivity contribution in [3.63, 3.8) is 0 Å². The first-order valence-electron chi connectivity index (χ1n) is 5.00. The summed E-state index contributed by atoms with van der Waals surface area (Å²) in [6.07, 6.45) is 1.55. The van der Waals surface area contributed by atoms with Crippen LogP contribution in [0, 0.1) is 0 Å². The van der Waals surface area contributed by atoms with E-state index in [2.05, 4.69) is 9.88 Å². The molecular weight excluding hydrogens is 224 g/mol. The lowest BCUT2D eigenvalue weighted by Crippen LogP contribution is -2.14. The Morgan fingerprint density at radius 3 is 2.94 bits per heavy atom. The number of pyridine rings is 1. The fourth-order valence-electron chi connectivity index (χ4n) is 1.12. The van der Waals surface area contributed by atoms with Crippen molar-refractivity contribution < 1.29 is 9.90 Å². The molecule has 0 aromatic carbocycles. The Labute approximate surface area is 99.7 Å². The maximum absolute atomic E-state index is 10.7. The lowest BCUT2D eigenvalue weighted by atomic mass is 10.2. The molecule has 0 aliphatic carbocycles. The van der Waals surface area contributed by atoms with Crippen LogP contribution in [-0.2, 0) is 5.75 Å². The summed E-state index contributed by atoms with van der Waals surface area (Å²) in [4.78, 5) is 16.6. The van der Waals surface area contributed by atoms with Crippen molar-refractivity contribution in [3.05, 3.63) is 29.6 Å². The molecule has 0 aliphatic heterocycles. The average Bonchev–Trinajstić information content (AvgIpc) is 2.24. The van der Waals surface area contributed by atoms with E-state index in [9.17, 15) is 4.79 Å². The highest BCUT2D eigenvalue weighted by Crippen LogP contribution is 2.12. The Morgan fingerprint density at radius 1 is 1.56 bits per heavy atom. The van der Waals surface area contributed by atoms with Gasteiger partial charge in [-0.1, -0.05) is 0 Å². The highest BCUT2D eigenvalue weighted by atomic mass is 32.2. The van der Waals surface area contributed by atoms with Crippen LogP contribution >= 0.6 is 11.8 Å². The molecule has 4 nitrogen and oxygen atoms in total. The molecule has 1 N–H and O–H groups in total. The SMILES string of the molecule is CN(C)CCSCc1ccnc(C(=O)O)c1. The molecule has 0 aliphatic rings. The third-order valence-electron chi connectivity index (χ3n) is 2.00. The molecule has 5 heteroatoms. The Morgan fingerprint density at radius 2 is 2.31 bits per heavy atom. The van der Waals surface area contributed by atoms with Gasteiger partial charge in [0.05, 0.1) is 0 Å². The van der Waals surface area contributed by atoms with E-state index in [1.54, 1.807) is 24.0 Å². The maximum atomic E-state index is 10.7. The van der Waals surface area contributed by atoms with Gasteiger partial charge in [0.1, 0.15) is 5.69 Å². The van der Waals surface area contributed by atoms with Crippen molar-refractivity contribution in [1.82, 2.24) is 9.88 Å². The predicted octanol–water partition coefficient (Wildman–Crippen LogP) is 1.57. The summed E-state index contributed by atoms with van der Waals surface area (Å²) >= 11 is 1.79. The first kappa shape index (κ1) is 13.0. The molecule has 0 spiro atoms.